The van der Waals surface area contributed by atoms with Gasteiger partial charge in [-0.05, 0) is 31.6 Å². The van der Waals surface area contributed by atoms with E-state index in [1.165, 1.54) is 0 Å². The van der Waals surface area contributed by atoms with E-state index in [4.69, 9.17) is 0 Å². The minimum absolute atomic E-state index is 0.0369. The monoisotopic (exact) mass is 279 g/mol. The maximum atomic E-state index is 11.2. The Morgan fingerprint density at radius 3 is 2.55 bits per heavy atom. The van der Waals surface area contributed by atoms with Crippen molar-refractivity contribution >= 4 is 17.5 Å². The van der Waals surface area contributed by atoms with Gasteiger partial charge in [0.25, 0.3) is 0 Å². The van der Waals surface area contributed by atoms with Crippen molar-refractivity contribution in [2.45, 2.75) is 34.1 Å². The second-order valence-electron chi connectivity index (χ2n) is 5.89. The summed E-state index contributed by atoms with van der Waals surface area (Å²) in [5.74, 6) is 1.27. The second kappa shape index (κ2) is 5.22. The highest BCUT2D eigenvalue weighted by Crippen LogP contribution is 2.51. The van der Waals surface area contributed by atoms with Gasteiger partial charge in [-0.25, -0.2) is 4.98 Å². The highest BCUT2D eigenvalue weighted by molar-refractivity contribution is 5.60. The van der Waals surface area contributed by atoms with Gasteiger partial charge in [0.15, 0.2) is 0 Å². The molecule has 0 aromatic carbocycles. The van der Waals surface area contributed by atoms with Gasteiger partial charge in [0.2, 0.25) is 11.8 Å². The third-order valence-corrected chi connectivity index (χ3v) is 3.81. The first-order valence-electron chi connectivity index (χ1n) is 6.86. The van der Waals surface area contributed by atoms with E-state index in [1.807, 2.05) is 6.92 Å². The van der Waals surface area contributed by atoms with Crippen LogP contribution in [0.2, 0.25) is 0 Å². The summed E-state index contributed by atoms with van der Waals surface area (Å²) in [7, 11) is 0. The summed E-state index contributed by atoms with van der Waals surface area (Å²) in [5.41, 5.74) is 0.664. The summed E-state index contributed by atoms with van der Waals surface area (Å²) >= 11 is 0. The molecule has 2 N–H and O–H groups in total. The van der Waals surface area contributed by atoms with E-state index < -0.39 is 4.92 Å². The lowest BCUT2D eigenvalue weighted by atomic mass is 10.1. The zero-order valence-corrected chi connectivity index (χ0v) is 12.4. The van der Waals surface area contributed by atoms with Crippen LogP contribution in [0.1, 0.15) is 32.9 Å². The number of rotatable bonds is 6. The number of nitrogens with zero attached hydrogens (tertiary/aromatic N) is 3. The molecule has 1 saturated carbocycles. The average Bonchev–Trinajstić information content (AvgIpc) is 2.93. The Bertz CT molecular complexity index is 530. The minimum Gasteiger partial charge on any atom is -0.364 e. The van der Waals surface area contributed by atoms with Crippen molar-refractivity contribution in [3.63, 3.8) is 0 Å². The quantitative estimate of drug-likeness (QED) is 0.614. The van der Waals surface area contributed by atoms with Crippen molar-refractivity contribution in [1.82, 2.24) is 9.97 Å². The zero-order chi connectivity index (χ0) is 14.9. The Labute approximate surface area is 118 Å². The van der Waals surface area contributed by atoms with E-state index in [9.17, 15) is 10.1 Å². The standard InChI is InChI=1S/C13H21N5O2/c1-5-14-12-16-8(2)10(18(19)20)11(17-12)15-7-9-6-13(9,3)4/h9H,5-7H2,1-4H3,(H2,14,15,16,17). The van der Waals surface area contributed by atoms with Crippen LogP contribution in [0, 0.1) is 28.4 Å². The topological polar surface area (TPSA) is 93.0 Å². The van der Waals surface area contributed by atoms with Gasteiger partial charge in [-0.2, -0.15) is 4.98 Å². The van der Waals surface area contributed by atoms with Gasteiger partial charge in [0.1, 0.15) is 5.69 Å². The Balaban J connectivity index is 2.21. The van der Waals surface area contributed by atoms with Crippen LogP contribution >= 0.6 is 0 Å². The van der Waals surface area contributed by atoms with Gasteiger partial charge in [-0.1, -0.05) is 13.8 Å². The summed E-state index contributed by atoms with van der Waals surface area (Å²) in [6.45, 7) is 9.33. The Morgan fingerprint density at radius 2 is 2.05 bits per heavy atom. The Hall–Kier alpha value is -1.92. The molecule has 110 valence electrons. The summed E-state index contributed by atoms with van der Waals surface area (Å²) in [4.78, 5) is 19.1. The molecule has 1 atom stereocenters. The van der Waals surface area contributed by atoms with E-state index in [0.29, 0.717) is 41.9 Å². The summed E-state index contributed by atoms with van der Waals surface area (Å²) in [6, 6.07) is 0. The summed E-state index contributed by atoms with van der Waals surface area (Å²) < 4.78 is 0. The third kappa shape index (κ3) is 2.97. The smallest absolute Gasteiger partial charge is 0.332 e. The molecule has 1 aliphatic rings. The van der Waals surface area contributed by atoms with Crippen LogP contribution < -0.4 is 10.6 Å². The van der Waals surface area contributed by atoms with Crippen LogP contribution in [0.25, 0.3) is 0 Å². The lowest BCUT2D eigenvalue weighted by Crippen LogP contribution is -2.13. The van der Waals surface area contributed by atoms with E-state index in [0.717, 1.165) is 6.42 Å². The minimum atomic E-state index is -0.425. The molecule has 20 heavy (non-hydrogen) atoms. The number of anilines is 2. The largest absolute Gasteiger partial charge is 0.364 e. The zero-order valence-electron chi connectivity index (χ0n) is 12.4. The SMILES string of the molecule is CCNc1nc(C)c([N+](=O)[O-])c(NCC2CC2(C)C)n1. The number of hydrogen-bond acceptors (Lipinski definition) is 6. The van der Waals surface area contributed by atoms with Crippen LogP contribution in [-0.4, -0.2) is 28.0 Å². The molecule has 0 spiro atoms. The molecule has 1 aromatic heterocycles. The van der Waals surface area contributed by atoms with E-state index >= 15 is 0 Å². The lowest BCUT2D eigenvalue weighted by molar-refractivity contribution is -0.385. The van der Waals surface area contributed by atoms with Gasteiger partial charge in [0.05, 0.1) is 4.92 Å². The van der Waals surface area contributed by atoms with Crippen LogP contribution in [0.5, 0.6) is 0 Å². The third-order valence-electron chi connectivity index (χ3n) is 3.81. The van der Waals surface area contributed by atoms with Crippen molar-refractivity contribution in [2.24, 2.45) is 11.3 Å². The second-order valence-corrected chi connectivity index (χ2v) is 5.89. The number of aromatic nitrogens is 2. The molecule has 0 saturated heterocycles. The predicted molar refractivity (Wildman–Crippen MR) is 78.0 cm³/mol. The Kier molecular flexibility index (Phi) is 3.78. The van der Waals surface area contributed by atoms with Gasteiger partial charge >= 0.3 is 5.69 Å². The number of nitro groups is 1. The molecule has 0 aliphatic heterocycles. The molecule has 1 aromatic rings. The molecular formula is C13H21N5O2. The summed E-state index contributed by atoms with van der Waals surface area (Å²) in [6.07, 6.45) is 1.14. The van der Waals surface area contributed by atoms with Crippen molar-refractivity contribution in [3.05, 3.63) is 15.8 Å². The first-order valence-corrected chi connectivity index (χ1v) is 6.86. The first kappa shape index (κ1) is 14.5. The highest BCUT2D eigenvalue weighted by atomic mass is 16.6. The predicted octanol–water partition coefficient (Wildman–Crippen LogP) is 2.58. The molecule has 7 nitrogen and oxygen atoms in total. The van der Waals surface area contributed by atoms with Crippen LogP contribution in [-0.2, 0) is 0 Å². The maximum absolute atomic E-state index is 11.2. The molecule has 1 fully saturated rings. The molecule has 1 unspecified atom stereocenters. The molecule has 0 bridgehead atoms. The molecule has 0 amide bonds. The van der Waals surface area contributed by atoms with Gasteiger partial charge in [0, 0.05) is 13.1 Å². The maximum Gasteiger partial charge on any atom is 0.332 e. The van der Waals surface area contributed by atoms with E-state index in [1.54, 1.807) is 6.92 Å². The lowest BCUT2D eigenvalue weighted by Gasteiger charge is -2.10. The molecule has 1 aliphatic carbocycles. The van der Waals surface area contributed by atoms with Crippen LogP contribution in [0.15, 0.2) is 0 Å². The van der Waals surface area contributed by atoms with Gasteiger partial charge in [-0.3, -0.25) is 10.1 Å². The fourth-order valence-corrected chi connectivity index (χ4v) is 2.29. The normalized spacial score (nSPS) is 19.5. The molecular weight excluding hydrogens is 258 g/mol. The van der Waals surface area contributed by atoms with Gasteiger partial charge < -0.3 is 10.6 Å². The van der Waals surface area contributed by atoms with Gasteiger partial charge in [-0.15, -0.1) is 0 Å². The average molecular weight is 279 g/mol. The highest BCUT2D eigenvalue weighted by Gasteiger charge is 2.45. The molecule has 0 radical (unpaired) electrons. The number of aryl methyl sites for hydroxylation is 1. The fraction of sp³-hybridized carbons (Fsp3) is 0.692. The van der Waals surface area contributed by atoms with Crippen LogP contribution in [0.3, 0.4) is 0 Å². The summed E-state index contributed by atoms with van der Waals surface area (Å²) in [5, 5.41) is 17.3. The van der Waals surface area contributed by atoms with Crippen molar-refractivity contribution in [2.75, 3.05) is 23.7 Å². The van der Waals surface area contributed by atoms with Crippen molar-refractivity contribution in [1.29, 1.82) is 0 Å². The number of nitrogens with one attached hydrogen (secondary N) is 2. The molecule has 2 rings (SSSR count). The Morgan fingerprint density at radius 1 is 1.40 bits per heavy atom. The van der Waals surface area contributed by atoms with Crippen molar-refractivity contribution < 1.29 is 4.92 Å². The fourth-order valence-electron chi connectivity index (χ4n) is 2.29. The van der Waals surface area contributed by atoms with E-state index in [2.05, 4.69) is 34.4 Å². The van der Waals surface area contributed by atoms with Crippen molar-refractivity contribution in [3.8, 4) is 0 Å². The number of hydrogen-bond donors (Lipinski definition) is 2. The molecule has 7 heteroatoms. The molecule has 1 heterocycles. The van der Waals surface area contributed by atoms with E-state index in [-0.39, 0.29) is 5.69 Å². The first-order chi connectivity index (χ1) is 9.35. The van der Waals surface area contributed by atoms with Crippen LogP contribution in [0.4, 0.5) is 17.5 Å².